The first-order valence-electron chi connectivity index (χ1n) is 7.51. The molecule has 3 aromatic rings. The molecule has 0 unspecified atom stereocenters. The number of hydrogen-bond donors (Lipinski definition) is 0. The lowest BCUT2D eigenvalue weighted by Gasteiger charge is -2.03. The summed E-state index contributed by atoms with van der Waals surface area (Å²) in [5.74, 6) is 0.672. The van der Waals surface area contributed by atoms with Gasteiger partial charge in [-0.15, -0.1) is 0 Å². The van der Waals surface area contributed by atoms with Crippen LogP contribution in [0.25, 0.3) is 16.9 Å². The topological polar surface area (TPSA) is 26.5 Å². The van der Waals surface area contributed by atoms with Crippen molar-refractivity contribution < 1.29 is 9.13 Å². The number of ether oxygens (including phenoxy) is 1. The van der Waals surface area contributed by atoms with Gasteiger partial charge in [-0.25, -0.2) is 9.37 Å². The van der Waals surface area contributed by atoms with Crippen molar-refractivity contribution in [1.82, 2.24) is 9.38 Å². The standard InChI is InChI=1S/C16H15FN2O.C2H6/c1-12-2-7-16-18-15(11-19(16)10-12)13-3-5-14(6-4-13)20-9-8-17;1-2/h2-7,10-11H,8-9H2,1H3;1-2H3. The highest BCUT2D eigenvalue weighted by Crippen LogP contribution is 2.22. The number of nitrogens with zero attached hydrogens (tertiary/aromatic N) is 2. The van der Waals surface area contributed by atoms with E-state index in [0.717, 1.165) is 16.9 Å². The molecule has 3 rings (SSSR count). The van der Waals surface area contributed by atoms with Crippen molar-refractivity contribution in [3.05, 3.63) is 54.4 Å². The summed E-state index contributed by atoms with van der Waals surface area (Å²) in [6.07, 6.45) is 4.05. The Morgan fingerprint density at radius 2 is 1.77 bits per heavy atom. The highest BCUT2D eigenvalue weighted by molar-refractivity contribution is 5.63. The van der Waals surface area contributed by atoms with E-state index in [4.69, 9.17) is 4.74 Å². The molecule has 1 aromatic carbocycles. The van der Waals surface area contributed by atoms with Crippen molar-refractivity contribution in [2.24, 2.45) is 0 Å². The number of rotatable bonds is 4. The fraction of sp³-hybridized carbons (Fsp3) is 0.278. The van der Waals surface area contributed by atoms with Gasteiger partial charge >= 0.3 is 0 Å². The summed E-state index contributed by atoms with van der Waals surface area (Å²) >= 11 is 0. The number of imidazole rings is 1. The maximum atomic E-state index is 12.0. The molecule has 116 valence electrons. The highest BCUT2D eigenvalue weighted by Gasteiger charge is 2.04. The van der Waals surface area contributed by atoms with Crippen LogP contribution in [0.2, 0.25) is 0 Å². The maximum absolute atomic E-state index is 12.0. The molecule has 0 saturated carbocycles. The lowest BCUT2D eigenvalue weighted by atomic mass is 10.2. The molecule has 0 aliphatic carbocycles. The normalized spacial score (nSPS) is 10.2. The molecule has 3 nitrogen and oxygen atoms in total. The minimum atomic E-state index is -0.479. The van der Waals surface area contributed by atoms with Crippen molar-refractivity contribution in [2.45, 2.75) is 20.8 Å². The smallest absolute Gasteiger partial charge is 0.137 e. The zero-order chi connectivity index (χ0) is 15.9. The van der Waals surface area contributed by atoms with E-state index in [1.54, 1.807) is 0 Å². The lowest BCUT2D eigenvalue weighted by molar-refractivity contribution is 0.273. The number of aryl methyl sites for hydroxylation is 1. The third-order valence-corrected chi connectivity index (χ3v) is 3.09. The summed E-state index contributed by atoms with van der Waals surface area (Å²) in [5.41, 5.74) is 4.03. The van der Waals surface area contributed by atoms with Gasteiger partial charge < -0.3 is 9.14 Å². The number of pyridine rings is 1. The Morgan fingerprint density at radius 3 is 2.45 bits per heavy atom. The summed E-state index contributed by atoms with van der Waals surface area (Å²) in [7, 11) is 0. The van der Waals surface area contributed by atoms with E-state index in [1.165, 1.54) is 5.56 Å². The molecule has 0 N–H and O–H groups in total. The molecule has 0 aliphatic heterocycles. The van der Waals surface area contributed by atoms with Crippen molar-refractivity contribution in [3.8, 4) is 17.0 Å². The fourth-order valence-electron chi connectivity index (χ4n) is 2.12. The zero-order valence-corrected chi connectivity index (χ0v) is 13.2. The average molecular weight is 300 g/mol. The highest BCUT2D eigenvalue weighted by atomic mass is 19.1. The van der Waals surface area contributed by atoms with Crippen LogP contribution < -0.4 is 4.74 Å². The maximum Gasteiger partial charge on any atom is 0.137 e. The first-order valence-corrected chi connectivity index (χ1v) is 7.51. The predicted molar refractivity (Wildman–Crippen MR) is 88.2 cm³/mol. The molecular weight excluding hydrogens is 279 g/mol. The minimum Gasteiger partial charge on any atom is -0.491 e. The van der Waals surface area contributed by atoms with Crippen LogP contribution in [0.1, 0.15) is 19.4 Å². The van der Waals surface area contributed by atoms with Gasteiger partial charge in [-0.2, -0.15) is 0 Å². The molecule has 0 saturated heterocycles. The van der Waals surface area contributed by atoms with Crippen LogP contribution in [0.3, 0.4) is 0 Å². The summed E-state index contributed by atoms with van der Waals surface area (Å²) in [6.45, 7) is 5.66. The van der Waals surface area contributed by atoms with Crippen molar-refractivity contribution in [2.75, 3.05) is 13.3 Å². The Bertz CT molecular complexity index is 720. The van der Waals surface area contributed by atoms with Crippen LogP contribution in [0, 0.1) is 6.92 Å². The number of fused-ring (bicyclic) bond motifs is 1. The molecule has 4 heteroatoms. The van der Waals surface area contributed by atoms with Gasteiger partial charge in [0, 0.05) is 18.0 Å². The molecule has 22 heavy (non-hydrogen) atoms. The Labute approximate surface area is 130 Å². The summed E-state index contributed by atoms with van der Waals surface area (Å²) < 4.78 is 19.3. The molecule has 0 spiro atoms. The summed E-state index contributed by atoms with van der Waals surface area (Å²) in [6, 6.07) is 11.6. The number of benzene rings is 1. The second-order valence-electron chi connectivity index (χ2n) is 4.66. The monoisotopic (exact) mass is 300 g/mol. The first-order chi connectivity index (χ1) is 10.8. The largest absolute Gasteiger partial charge is 0.491 e. The van der Waals surface area contributed by atoms with Crippen LogP contribution in [0.4, 0.5) is 4.39 Å². The third-order valence-electron chi connectivity index (χ3n) is 3.09. The number of alkyl halides is 1. The molecule has 2 aromatic heterocycles. The van der Waals surface area contributed by atoms with Crippen LogP contribution in [0.5, 0.6) is 5.75 Å². The first kappa shape index (κ1) is 16.0. The summed E-state index contributed by atoms with van der Waals surface area (Å²) in [5, 5.41) is 0. The predicted octanol–water partition coefficient (Wildman–Crippen LogP) is 4.68. The van der Waals surface area contributed by atoms with Crippen LogP contribution in [-0.4, -0.2) is 22.7 Å². The van der Waals surface area contributed by atoms with Gasteiger partial charge in [-0.1, -0.05) is 19.9 Å². The molecule has 0 atom stereocenters. The van der Waals surface area contributed by atoms with Gasteiger partial charge in [-0.3, -0.25) is 0 Å². The van der Waals surface area contributed by atoms with Crippen LogP contribution >= 0.6 is 0 Å². The Morgan fingerprint density at radius 1 is 1.05 bits per heavy atom. The average Bonchev–Trinajstić information content (AvgIpc) is 2.98. The second kappa shape index (κ2) is 7.59. The van der Waals surface area contributed by atoms with E-state index >= 15 is 0 Å². The van der Waals surface area contributed by atoms with Crippen molar-refractivity contribution >= 4 is 5.65 Å². The Hall–Kier alpha value is -2.36. The van der Waals surface area contributed by atoms with Gasteiger partial charge in [0.15, 0.2) is 0 Å². The van der Waals surface area contributed by atoms with Crippen molar-refractivity contribution in [3.63, 3.8) is 0 Å². The van der Waals surface area contributed by atoms with Gasteiger partial charge in [0.25, 0.3) is 0 Å². The number of hydrogen-bond acceptors (Lipinski definition) is 2. The quantitative estimate of drug-likeness (QED) is 0.699. The Balaban J connectivity index is 0.000000847. The number of halogens is 1. The second-order valence-corrected chi connectivity index (χ2v) is 4.66. The van der Waals surface area contributed by atoms with Gasteiger partial charge in [0.05, 0.1) is 5.69 Å². The van der Waals surface area contributed by atoms with Crippen molar-refractivity contribution in [1.29, 1.82) is 0 Å². The molecule has 0 fully saturated rings. The van der Waals surface area contributed by atoms with E-state index in [0.29, 0.717) is 5.75 Å². The van der Waals surface area contributed by atoms with E-state index in [1.807, 2.05) is 67.0 Å². The zero-order valence-electron chi connectivity index (χ0n) is 13.2. The van der Waals surface area contributed by atoms with Gasteiger partial charge in [0.1, 0.15) is 24.7 Å². The third kappa shape index (κ3) is 3.64. The minimum absolute atomic E-state index is 0.0903. The lowest BCUT2D eigenvalue weighted by Crippen LogP contribution is -1.98. The molecule has 0 bridgehead atoms. The van der Waals surface area contributed by atoms with E-state index in [9.17, 15) is 4.39 Å². The van der Waals surface area contributed by atoms with E-state index in [-0.39, 0.29) is 6.61 Å². The fourth-order valence-corrected chi connectivity index (χ4v) is 2.12. The Kier molecular flexibility index (Phi) is 5.53. The number of aromatic nitrogens is 2. The molecule has 0 amide bonds. The van der Waals surface area contributed by atoms with Gasteiger partial charge in [-0.05, 0) is 42.8 Å². The van der Waals surface area contributed by atoms with Crippen LogP contribution in [0.15, 0.2) is 48.8 Å². The van der Waals surface area contributed by atoms with E-state index < -0.39 is 6.67 Å². The molecule has 2 heterocycles. The molecule has 0 aliphatic rings. The van der Waals surface area contributed by atoms with Crippen LogP contribution in [-0.2, 0) is 0 Å². The SMILES string of the molecule is CC.Cc1ccc2nc(-c3ccc(OCCF)cc3)cn2c1. The van der Waals surface area contributed by atoms with Gasteiger partial charge in [0.2, 0.25) is 0 Å². The summed E-state index contributed by atoms with van der Waals surface area (Å²) in [4.78, 5) is 4.58. The van der Waals surface area contributed by atoms with E-state index in [2.05, 4.69) is 11.9 Å². The molecular formula is C18H21FN2O. The molecule has 0 radical (unpaired) electrons.